The summed E-state index contributed by atoms with van der Waals surface area (Å²) in [6, 6.07) is 7.52. The molecule has 30 heavy (non-hydrogen) atoms. The first kappa shape index (κ1) is 19.3. The quantitative estimate of drug-likeness (QED) is 0.788. The van der Waals surface area contributed by atoms with Crippen LogP contribution in [0.3, 0.4) is 0 Å². The van der Waals surface area contributed by atoms with Gasteiger partial charge in [0.25, 0.3) is 0 Å². The molecule has 1 unspecified atom stereocenters. The Bertz CT molecular complexity index is 978. The van der Waals surface area contributed by atoms with Crippen LogP contribution in [0.2, 0.25) is 0 Å². The van der Waals surface area contributed by atoms with Crippen LogP contribution < -0.4 is 5.32 Å². The Labute approximate surface area is 177 Å². The van der Waals surface area contributed by atoms with Crippen LogP contribution in [-0.4, -0.2) is 45.9 Å². The Morgan fingerprint density at radius 3 is 2.70 bits per heavy atom. The molecule has 1 aromatic heterocycles. The molecular formula is C24H29N5O. The lowest BCUT2D eigenvalue weighted by Crippen LogP contribution is -2.43. The van der Waals surface area contributed by atoms with Gasteiger partial charge in [0, 0.05) is 30.3 Å². The van der Waals surface area contributed by atoms with Gasteiger partial charge in [0.15, 0.2) is 5.82 Å². The van der Waals surface area contributed by atoms with Crippen molar-refractivity contribution in [3.63, 3.8) is 0 Å². The monoisotopic (exact) mass is 403 g/mol. The third-order valence-electron chi connectivity index (χ3n) is 6.73. The second-order valence-corrected chi connectivity index (χ2v) is 9.09. The normalized spacial score (nSPS) is 21.6. The number of likely N-dealkylation sites (tertiary alicyclic amines) is 1. The molecular weight excluding hydrogens is 374 g/mol. The van der Waals surface area contributed by atoms with Crippen molar-refractivity contribution in [2.24, 2.45) is 5.92 Å². The third-order valence-corrected chi connectivity index (χ3v) is 6.73. The number of aromatic hydroxyl groups is 1. The number of anilines is 1. The number of nitriles is 1. The predicted molar refractivity (Wildman–Crippen MR) is 116 cm³/mol. The maximum absolute atomic E-state index is 10.5. The predicted octanol–water partition coefficient (Wildman–Crippen LogP) is 3.89. The summed E-state index contributed by atoms with van der Waals surface area (Å²) < 4.78 is 0. The molecule has 3 aliphatic rings. The van der Waals surface area contributed by atoms with Crippen molar-refractivity contribution < 1.29 is 5.11 Å². The molecule has 0 bridgehead atoms. The number of benzene rings is 1. The molecule has 1 saturated heterocycles. The highest BCUT2D eigenvalue weighted by atomic mass is 16.3. The molecule has 0 spiro atoms. The molecule has 2 fully saturated rings. The molecule has 2 aromatic rings. The topological polar surface area (TPSA) is 85.1 Å². The van der Waals surface area contributed by atoms with Gasteiger partial charge in [-0.2, -0.15) is 5.26 Å². The Morgan fingerprint density at radius 2 is 1.93 bits per heavy atom. The zero-order valence-electron chi connectivity index (χ0n) is 17.4. The highest BCUT2D eigenvalue weighted by Gasteiger charge is 2.29. The highest BCUT2D eigenvalue weighted by Crippen LogP contribution is 2.37. The van der Waals surface area contributed by atoms with Crippen LogP contribution in [0.5, 0.6) is 5.75 Å². The van der Waals surface area contributed by atoms with Gasteiger partial charge in [0.2, 0.25) is 0 Å². The second kappa shape index (κ2) is 8.23. The van der Waals surface area contributed by atoms with Crippen molar-refractivity contribution in [1.29, 1.82) is 5.26 Å². The lowest BCUT2D eigenvalue weighted by atomic mass is 9.88. The summed E-state index contributed by atoms with van der Waals surface area (Å²) in [4.78, 5) is 2.61. The van der Waals surface area contributed by atoms with Crippen molar-refractivity contribution in [3.8, 4) is 23.1 Å². The number of nitrogens with one attached hydrogen (secondary N) is 1. The molecule has 1 aromatic carbocycles. The Morgan fingerprint density at radius 1 is 1.10 bits per heavy atom. The number of rotatable bonds is 5. The van der Waals surface area contributed by atoms with Crippen molar-refractivity contribution in [2.45, 2.75) is 57.4 Å². The fourth-order valence-electron chi connectivity index (χ4n) is 4.98. The second-order valence-electron chi connectivity index (χ2n) is 9.09. The van der Waals surface area contributed by atoms with E-state index in [1.54, 1.807) is 12.1 Å². The van der Waals surface area contributed by atoms with Gasteiger partial charge in [-0.1, -0.05) is 0 Å². The summed E-state index contributed by atoms with van der Waals surface area (Å²) in [6.45, 7) is 3.55. The summed E-state index contributed by atoms with van der Waals surface area (Å²) in [5.41, 5.74) is 4.33. The van der Waals surface area contributed by atoms with E-state index in [2.05, 4.69) is 26.5 Å². The molecule has 1 aliphatic heterocycles. The Balaban J connectivity index is 1.41. The average molecular weight is 404 g/mol. The summed E-state index contributed by atoms with van der Waals surface area (Å²) in [5.74, 6) is 1.95. The molecule has 6 nitrogen and oxygen atoms in total. The molecule has 1 saturated carbocycles. The van der Waals surface area contributed by atoms with Gasteiger partial charge in [-0.3, -0.25) is 0 Å². The molecule has 0 amide bonds. The standard InChI is InChI=1S/C24H29N5O/c25-13-17-9-10-21(22(30)12-17)23-19-5-1-2-6-20(19)24(28-27-23)26-18-4-3-11-29(15-18)14-16-7-8-16/h9-10,12,16,18,30H,1-8,11,14-15H2,(H,26,28). The largest absolute Gasteiger partial charge is 0.507 e. The van der Waals surface area contributed by atoms with Gasteiger partial charge in [-0.15, -0.1) is 10.2 Å². The first-order valence-electron chi connectivity index (χ1n) is 11.3. The number of aromatic nitrogens is 2. The maximum atomic E-state index is 10.5. The van der Waals surface area contributed by atoms with Crippen LogP contribution in [0.15, 0.2) is 18.2 Å². The molecule has 6 heteroatoms. The van der Waals surface area contributed by atoms with E-state index in [9.17, 15) is 5.11 Å². The van der Waals surface area contributed by atoms with Gasteiger partial charge < -0.3 is 15.3 Å². The van der Waals surface area contributed by atoms with E-state index in [-0.39, 0.29) is 5.75 Å². The Hall–Kier alpha value is -2.65. The van der Waals surface area contributed by atoms with Crippen LogP contribution in [-0.2, 0) is 12.8 Å². The SMILES string of the molecule is N#Cc1ccc(-c2nnc(NC3CCCN(CC4CC4)C3)c3c2CCCC3)c(O)c1. The van der Waals surface area contributed by atoms with E-state index < -0.39 is 0 Å². The molecule has 2 N–H and O–H groups in total. The number of nitrogens with zero attached hydrogens (tertiary/aromatic N) is 4. The number of fused-ring (bicyclic) bond motifs is 1. The van der Waals surface area contributed by atoms with Gasteiger partial charge in [0.1, 0.15) is 11.4 Å². The molecule has 156 valence electrons. The van der Waals surface area contributed by atoms with Crippen LogP contribution >= 0.6 is 0 Å². The third kappa shape index (κ3) is 3.99. The van der Waals surface area contributed by atoms with Crippen molar-refractivity contribution >= 4 is 5.82 Å². The fraction of sp³-hybridized carbons (Fsp3) is 0.542. The molecule has 2 heterocycles. The van der Waals surface area contributed by atoms with E-state index in [1.807, 2.05) is 0 Å². The first-order valence-corrected chi connectivity index (χ1v) is 11.3. The Kier molecular flexibility index (Phi) is 5.30. The number of phenolic OH excluding ortho intramolecular Hbond substituents is 1. The molecule has 0 radical (unpaired) electrons. The van der Waals surface area contributed by atoms with E-state index in [4.69, 9.17) is 5.26 Å². The smallest absolute Gasteiger partial charge is 0.152 e. The summed E-state index contributed by atoms with van der Waals surface area (Å²) in [7, 11) is 0. The van der Waals surface area contributed by atoms with Crippen molar-refractivity contribution in [3.05, 3.63) is 34.9 Å². The van der Waals surface area contributed by atoms with Crippen molar-refractivity contribution in [1.82, 2.24) is 15.1 Å². The van der Waals surface area contributed by atoms with Gasteiger partial charge in [0.05, 0.1) is 11.6 Å². The van der Waals surface area contributed by atoms with Crippen LogP contribution in [0.25, 0.3) is 11.3 Å². The summed E-state index contributed by atoms with van der Waals surface area (Å²) in [5, 5.41) is 32.4. The molecule has 5 rings (SSSR count). The number of hydrogen-bond donors (Lipinski definition) is 2. The molecule has 1 atom stereocenters. The zero-order valence-corrected chi connectivity index (χ0v) is 17.4. The summed E-state index contributed by atoms with van der Waals surface area (Å²) in [6.07, 6.45) is 9.44. The van der Waals surface area contributed by atoms with Crippen LogP contribution in [0.4, 0.5) is 5.82 Å². The van der Waals surface area contributed by atoms with E-state index in [1.165, 1.54) is 56.0 Å². The number of hydrogen-bond acceptors (Lipinski definition) is 6. The number of piperidine rings is 1. The minimum absolute atomic E-state index is 0.0971. The van der Waals surface area contributed by atoms with E-state index in [0.29, 0.717) is 17.2 Å². The van der Waals surface area contributed by atoms with Gasteiger partial charge >= 0.3 is 0 Å². The zero-order chi connectivity index (χ0) is 20.5. The van der Waals surface area contributed by atoms with Crippen LogP contribution in [0, 0.1) is 17.2 Å². The van der Waals surface area contributed by atoms with Gasteiger partial charge in [-0.05, 0) is 87.6 Å². The van der Waals surface area contributed by atoms with Crippen LogP contribution in [0.1, 0.15) is 55.2 Å². The molecule has 2 aliphatic carbocycles. The van der Waals surface area contributed by atoms with Gasteiger partial charge in [-0.25, -0.2) is 0 Å². The highest BCUT2D eigenvalue weighted by molar-refractivity contribution is 5.73. The van der Waals surface area contributed by atoms with E-state index >= 15 is 0 Å². The average Bonchev–Trinajstić information content (AvgIpc) is 3.58. The van der Waals surface area contributed by atoms with Crippen molar-refractivity contribution in [2.75, 3.05) is 25.0 Å². The number of phenols is 1. The summed E-state index contributed by atoms with van der Waals surface area (Å²) >= 11 is 0. The fourth-order valence-corrected chi connectivity index (χ4v) is 4.98. The minimum atomic E-state index is 0.0971. The lowest BCUT2D eigenvalue weighted by molar-refractivity contribution is 0.208. The lowest BCUT2D eigenvalue weighted by Gasteiger charge is -2.34. The maximum Gasteiger partial charge on any atom is 0.152 e. The first-order chi connectivity index (χ1) is 14.7. The minimum Gasteiger partial charge on any atom is -0.507 e. The van der Waals surface area contributed by atoms with E-state index in [0.717, 1.165) is 49.7 Å².